The van der Waals surface area contributed by atoms with Crippen molar-refractivity contribution in [3.63, 3.8) is 0 Å². The molecule has 1 aliphatic carbocycles. The van der Waals surface area contributed by atoms with E-state index in [1.807, 2.05) is 31.0 Å². The largest absolute Gasteiger partial charge is 0.464 e. The molecule has 20 heavy (non-hydrogen) atoms. The maximum Gasteiger partial charge on any atom is 0.236 e. The summed E-state index contributed by atoms with van der Waals surface area (Å²) in [4.78, 5) is 15.6. The van der Waals surface area contributed by atoms with Crippen LogP contribution in [0.25, 0.3) is 0 Å². The van der Waals surface area contributed by atoms with E-state index in [-0.39, 0.29) is 12.0 Å². The fourth-order valence-corrected chi connectivity index (χ4v) is 2.26. The molecule has 1 saturated carbocycles. The van der Waals surface area contributed by atoms with E-state index < -0.39 is 0 Å². The first-order valence-corrected chi connectivity index (χ1v) is 7.11. The molecule has 1 aliphatic rings. The van der Waals surface area contributed by atoms with Crippen molar-refractivity contribution in [2.45, 2.75) is 32.4 Å². The average molecular weight is 280 g/mol. The lowest BCUT2D eigenvalue weighted by Crippen LogP contribution is -2.39. The Morgan fingerprint density at radius 1 is 1.45 bits per heavy atom. The van der Waals surface area contributed by atoms with Crippen LogP contribution in [-0.2, 0) is 11.3 Å². The molecular weight excluding hydrogens is 256 g/mol. The van der Waals surface area contributed by atoms with Gasteiger partial charge in [-0.2, -0.15) is 0 Å². The first kappa shape index (κ1) is 15.1. The lowest BCUT2D eigenvalue weighted by molar-refractivity contribution is -0.131. The van der Waals surface area contributed by atoms with Gasteiger partial charge >= 0.3 is 0 Å². The summed E-state index contributed by atoms with van der Waals surface area (Å²) in [7, 11) is 3.64. The van der Waals surface area contributed by atoms with Crippen LogP contribution >= 0.6 is 0 Å². The maximum absolute atomic E-state index is 12.1. The molecule has 0 spiro atoms. The lowest BCUT2D eigenvalue weighted by atomic mass is 10.2. The number of aryl methyl sites for hydroxylation is 1. The second kappa shape index (κ2) is 6.41. The number of hydrogen-bond donors (Lipinski definition) is 1. The Kier molecular flexibility index (Phi) is 4.83. The molecule has 1 aromatic rings. The van der Waals surface area contributed by atoms with E-state index in [1.54, 1.807) is 11.9 Å². The van der Waals surface area contributed by atoms with Crippen molar-refractivity contribution >= 4 is 5.91 Å². The fourth-order valence-electron chi connectivity index (χ4n) is 2.26. The summed E-state index contributed by atoms with van der Waals surface area (Å²) >= 11 is 0. The van der Waals surface area contributed by atoms with Crippen molar-refractivity contribution in [2.24, 2.45) is 5.92 Å². The summed E-state index contributed by atoms with van der Waals surface area (Å²) in [6.07, 6.45) is 1.92. The minimum Gasteiger partial charge on any atom is -0.464 e. The molecule has 112 valence electrons. The van der Waals surface area contributed by atoms with Crippen LogP contribution in [0.15, 0.2) is 16.5 Å². The predicted octanol–water partition coefficient (Wildman–Crippen LogP) is 1.25. The molecule has 1 aromatic heterocycles. The number of furan rings is 1. The molecule has 1 N–H and O–H groups in total. The van der Waals surface area contributed by atoms with Gasteiger partial charge in [-0.1, -0.05) is 0 Å². The normalized spacial score (nSPS) is 16.4. The van der Waals surface area contributed by atoms with E-state index in [9.17, 15) is 9.90 Å². The Balaban J connectivity index is 1.75. The number of carbonyl (C=O) groups excluding carboxylic acids is 1. The first-order valence-electron chi connectivity index (χ1n) is 7.11. The van der Waals surface area contributed by atoms with Crippen molar-refractivity contribution in [1.29, 1.82) is 0 Å². The van der Waals surface area contributed by atoms with E-state index in [1.165, 1.54) is 0 Å². The van der Waals surface area contributed by atoms with Crippen molar-refractivity contribution in [1.82, 2.24) is 9.80 Å². The number of likely N-dealkylation sites (N-methyl/N-ethyl adjacent to an activating group) is 2. The number of aliphatic hydroxyl groups is 1. The van der Waals surface area contributed by atoms with Crippen LogP contribution in [0.1, 0.15) is 24.4 Å². The second-order valence-corrected chi connectivity index (χ2v) is 5.86. The van der Waals surface area contributed by atoms with E-state index >= 15 is 0 Å². The number of nitrogens with zero attached hydrogens (tertiary/aromatic N) is 2. The van der Waals surface area contributed by atoms with E-state index in [2.05, 4.69) is 0 Å². The topological polar surface area (TPSA) is 56.9 Å². The van der Waals surface area contributed by atoms with Gasteiger partial charge in [0.2, 0.25) is 5.91 Å². The van der Waals surface area contributed by atoms with Crippen molar-refractivity contribution < 1.29 is 14.3 Å². The Morgan fingerprint density at radius 2 is 2.15 bits per heavy atom. The summed E-state index contributed by atoms with van der Waals surface area (Å²) < 4.78 is 5.47. The molecule has 0 aromatic carbocycles. The molecule has 1 amide bonds. The van der Waals surface area contributed by atoms with Gasteiger partial charge in [0.15, 0.2) is 0 Å². The molecule has 1 fully saturated rings. The summed E-state index contributed by atoms with van der Waals surface area (Å²) in [5.74, 6) is 2.12. The number of carbonyl (C=O) groups is 1. The summed E-state index contributed by atoms with van der Waals surface area (Å²) in [5.41, 5.74) is 0. The number of aliphatic hydroxyl groups excluding tert-OH is 1. The zero-order valence-electron chi connectivity index (χ0n) is 12.5. The molecule has 2 rings (SSSR count). The van der Waals surface area contributed by atoms with Crippen LogP contribution in [0.2, 0.25) is 0 Å². The SMILES string of the molecule is Cc1ccc(CN(C)C(=O)CN(C)CC(O)C2CC2)o1. The van der Waals surface area contributed by atoms with E-state index in [0.29, 0.717) is 25.6 Å². The van der Waals surface area contributed by atoms with Gasteiger partial charge in [0.1, 0.15) is 11.5 Å². The van der Waals surface area contributed by atoms with Crippen LogP contribution in [0, 0.1) is 12.8 Å². The summed E-state index contributed by atoms with van der Waals surface area (Å²) in [6.45, 7) is 3.24. The van der Waals surface area contributed by atoms with Crippen molar-refractivity contribution in [3.05, 3.63) is 23.7 Å². The van der Waals surface area contributed by atoms with Gasteiger partial charge in [-0.25, -0.2) is 0 Å². The van der Waals surface area contributed by atoms with Crippen LogP contribution in [-0.4, -0.2) is 54.1 Å². The quantitative estimate of drug-likeness (QED) is 0.816. The highest BCUT2D eigenvalue weighted by Gasteiger charge is 2.30. The maximum atomic E-state index is 12.1. The third-order valence-electron chi connectivity index (χ3n) is 3.68. The van der Waals surface area contributed by atoms with Gasteiger partial charge in [-0.05, 0) is 44.9 Å². The van der Waals surface area contributed by atoms with Gasteiger partial charge in [-0.15, -0.1) is 0 Å². The van der Waals surface area contributed by atoms with Gasteiger partial charge in [0, 0.05) is 13.6 Å². The van der Waals surface area contributed by atoms with Gasteiger partial charge in [0.25, 0.3) is 0 Å². The van der Waals surface area contributed by atoms with Crippen molar-refractivity contribution in [2.75, 3.05) is 27.2 Å². The van der Waals surface area contributed by atoms with Crippen molar-refractivity contribution in [3.8, 4) is 0 Å². The van der Waals surface area contributed by atoms with Crippen LogP contribution in [0.5, 0.6) is 0 Å². The summed E-state index contributed by atoms with van der Waals surface area (Å²) in [5, 5.41) is 9.87. The Labute approximate surface area is 120 Å². The molecule has 0 bridgehead atoms. The number of amides is 1. The molecule has 1 heterocycles. The highest BCUT2D eigenvalue weighted by Crippen LogP contribution is 2.32. The van der Waals surface area contributed by atoms with Gasteiger partial charge in [-0.3, -0.25) is 9.69 Å². The molecule has 0 aliphatic heterocycles. The summed E-state index contributed by atoms with van der Waals surface area (Å²) in [6, 6.07) is 3.78. The smallest absolute Gasteiger partial charge is 0.236 e. The fraction of sp³-hybridized carbons (Fsp3) is 0.667. The van der Waals surface area contributed by atoms with Crippen LogP contribution < -0.4 is 0 Å². The molecule has 5 heteroatoms. The van der Waals surface area contributed by atoms with Gasteiger partial charge in [0.05, 0.1) is 19.2 Å². The molecule has 0 saturated heterocycles. The Morgan fingerprint density at radius 3 is 2.70 bits per heavy atom. The zero-order valence-corrected chi connectivity index (χ0v) is 12.5. The average Bonchev–Trinajstić information content (AvgIpc) is 3.14. The first-order chi connectivity index (χ1) is 9.45. The molecule has 0 radical (unpaired) electrons. The van der Waals surface area contributed by atoms with E-state index in [4.69, 9.17) is 4.42 Å². The van der Waals surface area contributed by atoms with Crippen LogP contribution in [0.3, 0.4) is 0 Å². The predicted molar refractivity (Wildman–Crippen MR) is 76.1 cm³/mol. The number of hydrogen-bond acceptors (Lipinski definition) is 4. The number of rotatable bonds is 7. The standard InChI is InChI=1S/C15H24N2O3/c1-11-4-7-13(20-11)8-17(3)15(19)10-16(2)9-14(18)12-5-6-12/h4,7,12,14,18H,5-6,8-10H2,1-3H3. The van der Waals surface area contributed by atoms with Gasteiger partial charge < -0.3 is 14.4 Å². The minimum absolute atomic E-state index is 0.0320. The van der Waals surface area contributed by atoms with Crippen LogP contribution in [0.4, 0.5) is 0 Å². The Bertz CT molecular complexity index is 454. The molecule has 1 atom stereocenters. The third-order valence-corrected chi connectivity index (χ3v) is 3.68. The van der Waals surface area contributed by atoms with E-state index in [0.717, 1.165) is 24.4 Å². The highest BCUT2D eigenvalue weighted by molar-refractivity contribution is 5.77. The molecular formula is C15H24N2O3. The monoisotopic (exact) mass is 280 g/mol. The zero-order chi connectivity index (χ0) is 14.7. The third kappa shape index (κ3) is 4.35. The molecule has 5 nitrogen and oxygen atoms in total. The lowest BCUT2D eigenvalue weighted by Gasteiger charge is -2.23. The Hall–Kier alpha value is -1.33. The molecule has 1 unspecified atom stereocenters. The minimum atomic E-state index is -0.300. The highest BCUT2D eigenvalue weighted by atomic mass is 16.3. The second-order valence-electron chi connectivity index (χ2n) is 5.86.